The second-order valence-electron chi connectivity index (χ2n) is 7.90. The third-order valence-electron chi connectivity index (χ3n) is 5.45. The van der Waals surface area contributed by atoms with Crippen LogP contribution in [-0.4, -0.2) is 58.7 Å². The van der Waals surface area contributed by atoms with E-state index in [9.17, 15) is 14.4 Å². The van der Waals surface area contributed by atoms with Crippen LogP contribution in [-0.2, 0) is 14.3 Å². The summed E-state index contributed by atoms with van der Waals surface area (Å²) in [5, 5.41) is 9.24. The van der Waals surface area contributed by atoms with Crippen LogP contribution in [0.4, 0.5) is 4.79 Å². The lowest BCUT2D eigenvalue weighted by molar-refractivity contribution is -0.139. The quantitative estimate of drug-likeness (QED) is 0.230. The van der Waals surface area contributed by atoms with Gasteiger partial charge in [0.15, 0.2) is 29.6 Å². The van der Waals surface area contributed by atoms with Crippen molar-refractivity contribution in [1.29, 1.82) is 0 Å². The lowest BCUT2D eigenvalue weighted by Crippen LogP contribution is -2.45. The average Bonchev–Trinajstić information content (AvgIpc) is 2.91. The molecule has 2 aromatic carbocycles. The van der Waals surface area contributed by atoms with Crippen LogP contribution in [0.25, 0.3) is 0 Å². The van der Waals surface area contributed by atoms with Crippen molar-refractivity contribution in [2.75, 3.05) is 34.5 Å². The van der Waals surface area contributed by atoms with Crippen LogP contribution in [0, 0.1) is 0 Å². The Morgan fingerprint density at radius 2 is 1.68 bits per heavy atom. The molecule has 0 radical (unpaired) electrons. The van der Waals surface area contributed by atoms with E-state index in [1.54, 1.807) is 57.4 Å². The Balaban J connectivity index is 1.67. The molecule has 0 fully saturated rings. The maximum absolute atomic E-state index is 12.5. The second kappa shape index (κ2) is 13.0. The van der Waals surface area contributed by atoms with E-state index in [0.29, 0.717) is 34.1 Å². The third kappa shape index (κ3) is 6.72. The predicted octanol–water partition coefficient (Wildman–Crippen LogP) is 2.43. The fourth-order valence-corrected chi connectivity index (χ4v) is 3.69. The van der Waals surface area contributed by atoms with Gasteiger partial charge in [0, 0.05) is 5.70 Å². The van der Waals surface area contributed by atoms with Gasteiger partial charge in [0.25, 0.3) is 5.91 Å². The van der Waals surface area contributed by atoms with Gasteiger partial charge < -0.3 is 34.3 Å². The number of nitrogens with zero attached hydrogens (tertiary/aromatic N) is 1. The molecule has 1 unspecified atom stereocenters. The average molecular weight is 527 g/mol. The first-order valence-corrected chi connectivity index (χ1v) is 11.6. The molecule has 202 valence electrons. The summed E-state index contributed by atoms with van der Waals surface area (Å²) < 4.78 is 26.6. The molecule has 2 aromatic rings. The topological polar surface area (TPSA) is 146 Å². The first-order valence-electron chi connectivity index (χ1n) is 11.6. The Kier molecular flexibility index (Phi) is 9.52. The Bertz CT molecular complexity index is 1260. The summed E-state index contributed by atoms with van der Waals surface area (Å²) in [7, 11) is 4.50. The van der Waals surface area contributed by atoms with Gasteiger partial charge in [0.2, 0.25) is 0 Å². The molecule has 1 aliphatic heterocycles. The number of rotatable bonds is 11. The number of urea groups is 1. The summed E-state index contributed by atoms with van der Waals surface area (Å²) in [5.41, 5.74) is 4.31. The molecule has 3 amide bonds. The summed E-state index contributed by atoms with van der Waals surface area (Å²) in [4.78, 5) is 36.9. The van der Waals surface area contributed by atoms with Crippen LogP contribution < -0.4 is 35.0 Å². The van der Waals surface area contributed by atoms with Gasteiger partial charge in [-0.25, -0.2) is 15.0 Å². The minimum Gasteiger partial charge on any atom is -0.493 e. The van der Waals surface area contributed by atoms with E-state index < -0.39 is 23.9 Å². The van der Waals surface area contributed by atoms with Crippen molar-refractivity contribution in [2.45, 2.75) is 19.9 Å². The third-order valence-corrected chi connectivity index (χ3v) is 5.45. The van der Waals surface area contributed by atoms with Gasteiger partial charge in [0.1, 0.15) is 0 Å². The molecule has 1 aliphatic rings. The Morgan fingerprint density at radius 1 is 1.00 bits per heavy atom. The molecule has 0 bridgehead atoms. The van der Waals surface area contributed by atoms with Crippen LogP contribution in [0.5, 0.6) is 23.0 Å². The largest absolute Gasteiger partial charge is 0.493 e. The molecule has 0 saturated carbocycles. The summed E-state index contributed by atoms with van der Waals surface area (Å²) in [6, 6.07) is 8.84. The van der Waals surface area contributed by atoms with E-state index in [4.69, 9.17) is 23.7 Å². The van der Waals surface area contributed by atoms with Crippen molar-refractivity contribution < 1.29 is 38.1 Å². The zero-order valence-corrected chi connectivity index (χ0v) is 21.7. The van der Waals surface area contributed by atoms with Crippen LogP contribution in [0.1, 0.15) is 31.0 Å². The standard InChI is InChI=1S/C26H30N4O8/c1-6-37-25(32)23-15(2)28-26(33)29-24(23)17-8-10-19(21(12-17)36-5)38-14-22(31)30-27-13-16-7-9-18(34-3)20(11-16)35-4/h7-13,24H,6,14H2,1-5H3,(H,30,31)(H2,28,29,33)/b27-13+. The van der Waals surface area contributed by atoms with Crippen LogP contribution >= 0.6 is 0 Å². The van der Waals surface area contributed by atoms with Crippen molar-refractivity contribution in [2.24, 2.45) is 5.10 Å². The highest BCUT2D eigenvalue weighted by atomic mass is 16.5. The fourth-order valence-electron chi connectivity index (χ4n) is 3.69. The van der Waals surface area contributed by atoms with Gasteiger partial charge in [0.05, 0.1) is 45.8 Å². The van der Waals surface area contributed by atoms with Crippen molar-refractivity contribution in [1.82, 2.24) is 16.1 Å². The molecule has 3 N–H and O–H groups in total. The lowest BCUT2D eigenvalue weighted by atomic mass is 9.95. The van der Waals surface area contributed by atoms with Crippen LogP contribution in [0.15, 0.2) is 52.8 Å². The molecule has 0 saturated heterocycles. The summed E-state index contributed by atoms with van der Waals surface area (Å²) in [5.74, 6) is 0.652. The minimum atomic E-state index is -0.764. The van der Waals surface area contributed by atoms with Crippen molar-refractivity contribution >= 4 is 24.1 Å². The zero-order valence-electron chi connectivity index (χ0n) is 21.7. The molecular formula is C26H30N4O8. The van der Waals surface area contributed by atoms with E-state index in [1.165, 1.54) is 20.4 Å². The van der Waals surface area contributed by atoms with Gasteiger partial charge in [-0.15, -0.1) is 0 Å². The number of hydrogen-bond acceptors (Lipinski definition) is 9. The van der Waals surface area contributed by atoms with Gasteiger partial charge in [-0.3, -0.25) is 4.79 Å². The maximum atomic E-state index is 12.5. The molecule has 0 aliphatic carbocycles. The Morgan fingerprint density at radius 3 is 2.37 bits per heavy atom. The number of benzene rings is 2. The van der Waals surface area contributed by atoms with E-state index in [2.05, 4.69) is 21.2 Å². The van der Waals surface area contributed by atoms with E-state index >= 15 is 0 Å². The first kappa shape index (κ1) is 27.8. The molecule has 0 aromatic heterocycles. The number of hydrogen-bond donors (Lipinski definition) is 3. The Hall–Kier alpha value is -4.74. The first-order chi connectivity index (χ1) is 18.3. The monoisotopic (exact) mass is 526 g/mol. The molecular weight excluding hydrogens is 496 g/mol. The molecule has 12 nitrogen and oxygen atoms in total. The molecule has 3 rings (SSSR count). The normalized spacial score (nSPS) is 14.9. The number of allylic oxidation sites excluding steroid dienone is 1. The van der Waals surface area contributed by atoms with Gasteiger partial charge >= 0.3 is 12.0 Å². The molecule has 38 heavy (non-hydrogen) atoms. The smallest absolute Gasteiger partial charge is 0.338 e. The number of carbonyl (C=O) groups excluding carboxylic acids is 3. The highest BCUT2D eigenvalue weighted by Gasteiger charge is 2.32. The highest BCUT2D eigenvalue weighted by Crippen LogP contribution is 2.34. The lowest BCUT2D eigenvalue weighted by Gasteiger charge is -2.28. The number of hydrazone groups is 1. The molecule has 0 spiro atoms. The number of ether oxygens (including phenoxy) is 5. The number of nitrogens with one attached hydrogen (secondary N) is 3. The van der Waals surface area contributed by atoms with Crippen LogP contribution in [0.2, 0.25) is 0 Å². The van der Waals surface area contributed by atoms with Crippen molar-refractivity contribution in [3.8, 4) is 23.0 Å². The number of methoxy groups -OCH3 is 3. The molecule has 1 atom stereocenters. The summed E-state index contributed by atoms with van der Waals surface area (Å²) in [6.45, 7) is 3.17. The summed E-state index contributed by atoms with van der Waals surface area (Å²) >= 11 is 0. The van der Waals surface area contributed by atoms with E-state index in [1.807, 2.05) is 0 Å². The van der Waals surface area contributed by atoms with Gasteiger partial charge in [-0.05, 0) is 55.3 Å². The van der Waals surface area contributed by atoms with Crippen LogP contribution in [0.3, 0.4) is 0 Å². The van der Waals surface area contributed by atoms with Crippen molar-refractivity contribution in [3.05, 3.63) is 58.8 Å². The number of amides is 3. The SMILES string of the molecule is CCOC(=O)C1=C(C)NC(=O)NC1c1ccc(OCC(=O)N/N=C/c2ccc(OC)c(OC)c2)c(OC)c1. The van der Waals surface area contributed by atoms with Crippen molar-refractivity contribution in [3.63, 3.8) is 0 Å². The fraction of sp³-hybridized carbons (Fsp3) is 0.308. The summed E-state index contributed by atoms with van der Waals surface area (Å²) in [6.07, 6.45) is 1.46. The maximum Gasteiger partial charge on any atom is 0.338 e. The number of esters is 1. The van der Waals surface area contributed by atoms with Gasteiger partial charge in [-0.1, -0.05) is 6.07 Å². The van der Waals surface area contributed by atoms with E-state index in [0.717, 1.165) is 0 Å². The predicted molar refractivity (Wildman–Crippen MR) is 138 cm³/mol. The zero-order chi connectivity index (χ0) is 27.7. The molecule has 1 heterocycles. The highest BCUT2D eigenvalue weighted by molar-refractivity contribution is 5.95. The van der Waals surface area contributed by atoms with Gasteiger partial charge in [-0.2, -0.15) is 5.10 Å². The van der Waals surface area contributed by atoms with E-state index in [-0.39, 0.29) is 24.5 Å². The minimum absolute atomic E-state index is 0.187. The number of carbonyl (C=O) groups is 3. The Labute approximate surface area is 219 Å². The second-order valence-corrected chi connectivity index (χ2v) is 7.90. The molecule has 12 heteroatoms.